The summed E-state index contributed by atoms with van der Waals surface area (Å²) in [5, 5.41) is 5.55. The van der Waals surface area contributed by atoms with E-state index in [2.05, 4.69) is 17.6 Å². The molecule has 2 aromatic carbocycles. The second-order valence-electron chi connectivity index (χ2n) is 10.1. The molecule has 9 heteroatoms. The van der Waals surface area contributed by atoms with Gasteiger partial charge in [0.25, 0.3) is 0 Å². The first-order chi connectivity index (χ1) is 18.3. The Labute approximate surface area is 222 Å². The fourth-order valence-electron chi connectivity index (χ4n) is 5.17. The van der Waals surface area contributed by atoms with E-state index in [9.17, 15) is 23.6 Å². The lowest BCUT2D eigenvalue weighted by Crippen LogP contribution is -2.64. The van der Waals surface area contributed by atoms with E-state index in [0.717, 1.165) is 36.1 Å². The van der Waals surface area contributed by atoms with E-state index < -0.39 is 23.7 Å². The van der Waals surface area contributed by atoms with Crippen LogP contribution in [0.5, 0.6) is 0 Å². The topological polar surface area (TPSA) is 98.8 Å². The average molecular weight is 523 g/mol. The van der Waals surface area contributed by atoms with Gasteiger partial charge in [-0.1, -0.05) is 44.4 Å². The molecule has 0 spiro atoms. The lowest BCUT2D eigenvalue weighted by Gasteiger charge is -2.46. The van der Waals surface area contributed by atoms with Crippen LogP contribution >= 0.6 is 0 Å². The minimum Gasteiger partial charge on any atom is -0.356 e. The van der Waals surface area contributed by atoms with Crippen LogP contribution in [-0.4, -0.2) is 47.8 Å². The highest BCUT2D eigenvalue weighted by molar-refractivity contribution is 6.17. The second-order valence-corrected chi connectivity index (χ2v) is 10.1. The van der Waals surface area contributed by atoms with Crippen LogP contribution < -0.4 is 15.5 Å². The number of nitrogens with one attached hydrogen (secondary N) is 2. The van der Waals surface area contributed by atoms with Crippen molar-refractivity contribution in [3.63, 3.8) is 0 Å². The van der Waals surface area contributed by atoms with Crippen molar-refractivity contribution in [1.29, 1.82) is 0 Å². The molecule has 2 unspecified atom stereocenters. The van der Waals surface area contributed by atoms with Crippen molar-refractivity contribution in [2.24, 2.45) is 5.92 Å². The number of carbonyl (C=O) groups excluding carboxylic acids is 4. The third-order valence-corrected chi connectivity index (χ3v) is 7.29. The SMILES string of the molecule is CCCCNC(=O)Cc1ccc(N2C(=O)C3CCCCC3N(CC(=O)Nc3ccc(C)c(F)c3)C2=O)cc1. The number of anilines is 2. The Kier molecular flexibility index (Phi) is 8.76. The largest absolute Gasteiger partial charge is 0.356 e. The first-order valence-electron chi connectivity index (χ1n) is 13.3. The number of fused-ring (bicyclic) bond motifs is 1. The Morgan fingerprint density at radius 2 is 1.76 bits per heavy atom. The van der Waals surface area contributed by atoms with Crippen LogP contribution in [0.15, 0.2) is 42.5 Å². The van der Waals surface area contributed by atoms with Crippen LogP contribution in [0.4, 0.5) is 20.6 Å². The third-order valence-electron chi connectivity index (χ3n) is 7.29. The fourth-order valence-corrected chi connectivity index (χ4v) is 5.17. The predicted molar refractivity (Wildman–Crippen MR) is 143 cm³/mol. The van der Waals surface area contributed by atoms with E-state index in [0.29, 0.717) is 36.3 Å². The molecule has 4 rings (SSSR count). The molecule has 1 saturated heterocycles. The lowest BCUT2D eigenvalue weighted by molar-refractivity contribution is -0.128. The molecular formula is C29H35FN4O4. The minimum absolute atomic E-state index is 0.0768. The van der Waals surface area contributed by atoms with Gasteiger partial charge in [-0.05, 0) is 61.6 Å². The van der Waals surface area contributed by atoms with Gasteiger partial charge >= 0.3 is 6.03 Å². The summed E-state index contributed by atoms with van der Waals surface area (Å²) in [5.74, 6) is -1.61. The highest BCUT2D eigenvalue weighted by atomic mass is 19.1. The number of benzene rings is 2. The first kappa shape index (κ1) is 27.3. The molecule has 2 N–H and O–H groups in total. The standard InChI is InChI=1S/C29H35FN4O4/c1-3-4-15-31-26(35)16-20-10-13-22(14-11-20)34-28(37)23-7-5-6-8-25(23)33(29(34)38)18-27(36)32-21-12-9-19(2)24(30)17-21/h9-14,17,23,25H,3-8,15-16,18H2,1-2H3,(H,31,35)(H,32,36). The summed E-state index contributed by atoms with van der Waals surface area (Å²) in [7, 11) is 0. The highest BCUT2D eigenvalue weighted by Crippen LogP contribution is 2.36. The molecule has 2 fully saturated rings. The third kappa shape index (κ3) is 6.20. The zero-order valence-electron chi connectivity index (χ0n) is 22.0. The number of nitrogens with zero attached hydrogens (tertiary/aromatic N) is 2. The molecule has 2 atom stereocenters. The quantitative estimate of drug-likeness (QED) is 0.472. The Morgan fingerprint density at radius 3 is 2.47 bits per heavy atom. The van der Waals surface area contributed by atoms with Crippen molar-refractivity contribution >= 4 is 35.1 Å². The van der Waals surface area contributed by atoms with E-state index in [1.165, 1.54) is 11.0 Å². The van der Waals surface area contributed by atoms with Crippen molar-refractivity contribution < 1.29 is 23.6 Å². The van der Waals surface area contributed by atoms with Crippen molar-refractivity contribution in [1.82, 2.24) is 10.2 Å². The molecule has 1 aliphatic heterocycles. The number of amides is 5. The monoisotopic (exact) mass is 522 g/mol. The summed E-state index contributed by atoms with van der Waals surface area (Å²) in [4.78, 5) is 54.7. The van der Waals surface area contributed by atoms with Crippen LogP contribution in [-0.2, 0) is 20.8 Å². The van der Waals surface area contributed by atoms with E-state index in [-0.39, 0.29) is 30.8 Å². The molecule has 5 amide bonds. The van der Waals surface area contributed by atoms with Crippen LogP contribution in [0.1, 0.15) is 56.6 Å². The van der Waals surface area contributed by atoms with Gasteiger partial charge in [-0.15, -0.1) is 0 Å². The molecule has 0 bridgehead atoms. The molecular weight excluding hydrogens is 487 g/mol. The molecule has 0 radical (unpaired) electrons. The van der Waals surface area contributed by atoms with Crippen molar-refractivity contribution in [3.05, 3.63) is 59.4 Å². The van der Waals surface area contributed by atoms with Gasteiger partial charge in [-0.25, -0.2) is 14.1 Å². The molecule has 8 nitrogen and oxygen atoms in total. The van der Waals surface area contributed by atoms with E-state index in [4.69, 9.17) is 0 Å². The summed E-state index contributed by atoms with van der Waals surface area (Å²) >= 11 is 0. The Balaban J connectivity index is 1.49. The molecule has 202 valence electrons. The normalized spacial score (nSPS) is 19.2. The maximum Gasteiger partial charge on any atom is 0.332 e. The second kappa shape index (κ2) is 12.2. The van der Waals surface area contributed by atoms with Gasteiger partial charge < -0.3 is 15.5 Å². The number of hydrogen-bond acceptors (Lipinski definition) is 4. The molecule has 1 heterocycles. The molecule has 2 aliphatic rings. The van der Waals surface area contributed by atoms with Gasteiger partial charge in [-0.2, -0.15) is 0 Å². The predicted octanol–water partition coefficient (Wildman–Crippen LogP) is 4.56. The Bertz CT molecular complexity index is 1200. The number of halogens is 1. The van der Waals surface area contributed by atoms with Gasteiger partial charge in [0.15, 0.2) is 0 Å². The Morgan fingerprint density at radius 1 is 1.03 bits per heavy atom. The highest BCUT2D eigenvalue weighted by Gasteiger charge is 2.48. The van der Waals surface area contributed by atoms with Crippen molar-refractivity contribution in [2.45, 2.75) is 64.8 Å². The maximum atomic E-state index is 13.9. The van der Waals surface area contributed by atoms with Crippen molar-refractivity contribution in [2.75, 3.05) is 23.3 Å². The van der Waals surface area contributed by atoms with Gasteiger partial charge in [0, 0.05) is 18.3 Å². The maximum absolute atomic E-state index is 13.9. The molecule has 2 aromatic rings. The summed E-state index contributed by atoms with van der Waals surface area (Å²) < 4.78 is 13.9. The number of imide groups is 1. The van der Waals surface area contributed by atoms with E-state index in [1.54, 1.807) is 43.3 Å². The Hall–Kier alpha value is -3.75. The number of hydrogen-bond donors (Lipinski definition) is 2. The summed E-state index contributed by atoms with van der Waals surface area (Å²) in [5.41, 5.74) is 1.96. The van der Waals surface area contributed by atoms with Crippen molar-refractivity contribution in [3.8, 4) is 0 Å². The number of aryl methyl sites for hydroxylation is 1. The van der Waals surface area contributed by atoms with Gasteiger partial charge in [-0.3, -0.25) is 14.4 Å². The molecule has 1 aliphatic carbocycles. The van der Waals surface area contributed by atoms with Gasteiger partial charge in [0.05, 0.1) is 18.0 Å². The smallest absolute Gasteiger partial charge is 0.332 e. The zero-order valence-corrected chi connectivity index (χ0v) is 22.0. The zero-order chi connectivity index (χ0) is 27.2. The molecule has 38 heavy (non-hydrogen) atoms. The average Bonchev–Trinajstić information content (AvgIpc) is 2.90. The first-order valence-corrected chi connectivity index (χ1v) is 13.3. The number of urea groups is 1. The van der Waals surface area contributed by atoms with Crippen LogP contribution in [0.3, 0.4) is 0 Å². The minimum atomic E-state index is -0.548. The van der Waals surface area contributed by atoms with E-state index >= 15 is 0 Å². The number of unbranched alkanes of at least 4 members (excludes halogenated alkanes) is 1. The van der Waals surface area contributed by atoms with Crippen LogP contribution in [0.25, 0.3) is 0 Å². The lowest BCUT2D eigenvalue weighted by atomic mass is 9.81. The fraction of sp³-hybridized carbons (Fsp3) is 0.448. The van der Waals surface area contributed by atoms with Gasteiger partial charge in [0.2, 0.25) is 17.7 Å². The number of carbonyl (C=O) groups is 4. The van der Waals surface area contributed by atoms with Crippen LogP contribution in [0.2, 0.25) is 0 Å². The van der Waals surface area contributed by atoms with Crippen LogP contribution in [0, 0.1) is 18.7 Å². The van der Waals surface area contributed by atoms with Gasteiger partial charge in [0.1, 0.15) is 12.4 Å². The summed E-state index contributed by atoms with van der Waals surface area (Å²) in [6.45, 7) is 4.09. The number of rotatable bonds is 9. The van der Waals surface area contributed by atoms with E-state index in [1.807, 2.05) is 0 Å². The summed E-state index contributed by atoms with van der Waals surface area (Å²) in [6, 6.07) is 10.3. The molecule has 1 saturated carbocycles. The molecule has 0 aromatic heterocycles. The summed E-state index contributed by atoms with van der Waals surface area (Å²) in [6.07, 6.45) is 5.17.